The number of fused-ring (bicyclic) bond motifs is 1. The number of hydrogen-bond acceptors (Lipinski definition) is 2. The summed E-state index contributed by atoms with van der Waals surface area (Å²) in [5.41, 5.74) is 2.23. The van der Waals surface area contributed by atoms with Crippen molar-refractivity contribution >= 4 is 11.6 Å². The average molecular weight is 346 g/mol. The van der Waals surface area contributed by atoms with Crippen molar-refractivity contribution in [2.24, 2.45) is 10.8 Å². The van der Waals surface area contributed by atoms with E-state index in [0.29, 0.717) is 6.42 Å². The van der Waals surface area contributed by atoms with Crippen LogP contribution >= 0.6 is 0 Å². The topological polar surface area (TPSA) is 38.3 Å². The number of carbonyl (C=O) groups is 1. The van der Waals surface area contributed by atoms with Gasteiger partial charge in [0.15, 0.2) is 0 Å². The molecule has 0 atom stereocenters. The van der Waals surface area contributed by atoms with Gasteiger partial charge in [-0.05, 0) is 55.6 Å². The molecule has 1 amide bonds. The summed E-state index contributed by atoms with van der Waals surface area (Å²) in [6.07, 6.45) is 4.75. The first kappa shape index (κ1) is 19.8. The van der Waals surface area contributed by atoms with Crippen molar-refractivity contribution in [1.29, 1.82) is 0 Å². The molecular formula is C22H35NO2. The lowest BCUT2D eigenvalue weighted by Gasteiger charge is -2.46. The highest BCUT2D eigenvalue weighted by atomic mass is 16.5. The van der Waals surface area contributed by atoms with Crippen LogP contribution in [0.1, 0.15) is 79.7 Å². The minimum absolute atomic E-state index is 0.0892. The molecule has 0 saturated heterocycles. The van der Waals surface area contributed by atoms with Gasteiger partial charge in [0.1, 0.15) is 11.4 Å². The number of aryl methyl sites for hydroxylation is 1. The predicted molar refractivity (Wildman–Crippen MR) is 105 cm³/mol. The Kier molecular flexibility index (Phi) is 5.56. The molecule has 0 unspecified atom stereocenters. The Bertz CT molecular complexity index is 629. The molecule has 3 heteroatoms. The van der Waals surface area contributed by atoms with Gasteiger partial charge in [0, 0.05) is 18.2 Å². The van der Waals surface area contributed by atoms with Crippen LogP contribution in [0.25, 0.3) is 0 Å². The maximum Gasteiger partial charge on any atom is 0.224 e. The molecule has 25 heavy (non-hydrogen) atoms. The van der Waals surface area contributed by atoms with E-state index in [9.17, 15) is 4.79 Å². The molecular weight excluding hydrogens is 310 g/mol. The summed E-state index contributed by atoms with van der Waals surface area (Å²) >= 11 is 0. The fourth-order valence-corrected chi connectivity index (χ4v) is 4.04. The first-order chi connectivity index (χ1) is 11.5. The Labute approximate surface area is 153 Å². The molecule has 0 spiro atoms. The Hall–Kier alpha value is -1.51. The Morgan fingerprint density at radius 3 is 2.36 bits per heavy atom. The highest BCUT2D eigenvalue weighted by Crippen LogP contribution is 2.47. The molecule has 0 aromatic heterocycles. The normalized spacial score (nSPS) is 15.6. The molecule has 3 nitrogen and oxygen atoms in total. The number of nitrogens with one attached hydrogen (secondary N) is 1. The summed E-state index contributed by atoms with van der Waals surface area (Å²) < 4.78 is 6.36. The summed E-state index contributed by atoms with van der Waals surface area (Å²) in [4.78, 5) is 11.6. The van der Waals surface area contributed by atoms with E-state index in [4.69, 9.17) is 4.74 Å². The zero-order valence-corrected chi connectivity index (χ0v) is 17.1. The molecule has 1 aromatic carbocycles. The molecule has 0 radical (unpaired) electrons. The van der Waals surface area contributed by atoms with Gasteiger partial charge in [0.25, 0.3) is 0 Å². The van der Waals surface area contributed by atoms with E-state index in [-0.39, 0.29) is 22.3 Å². The number of amides is 1. The van der Waals surface area contributed by atoms with Gasteiger partial charge in [-0.15, -0.1) is 0 Å². The summed E-state index contributed by atoms with van der Waals surface area (Å²) in [6, 6.07) is 6.08. The second-order valence-corrected chi connectivity index (χ2v) is 9.42. The summed E-state index contributed by atoms with van der Waals surface area (Å²) in [7, 11) is 0. The third kappa shape index (κ3) is 4.77. The molecule has 2 rings (SSSR count). The maximum absolute atomic E-state index is 11.6. The monoisotopic (exact) mass is 345 g/mol. The molecule has 0 saturated carbocycles. The highest BCUT2D eigenvalue weighted by molar-refractivity contribution is 5.94. The first-order valence-corrected chi connectivity index (χ1v) is 9.58. The third-order valence-electron chi connectivity index (χ3n) is 5.95. The summed E-state index contributed by atoms with van der Waals surface area (Å²) in [5, 5.41) is 2.96. The lowest BCUT2D eigenvalue weighted by molar-refractivity contribution is -0.116. The van der Waals surface area contributed by atoms with E-state index in [0.717, 1.165) is 24.3 Å². The van der Waals surface area contributed by atoms with E-state index < -0.39 is 0 Å². The molecule has 1 heterocycles. The smallest absolute Gasteiger partial charge is 0.224 e. The second kappa shape index (κ2) is 7.01. The van der Waals surface area contributed by atoms with Crippen LogP contribution in [-0.2, 0) is 11.2 Å². The van der Waals surface area contributed by atoms with Gasteiger partial charge in [-0.25, -0.2) is 0 Å². The Balaban J connectivity index is 2.13. The van der Waals surface area contributed by atoms with E-state index in [1.165, 1.54) is 18.4 Å². The van der Waals surface area contributed by atoms with Crippen LogP contribution in [-0.4, -0.2) is 11.5 Å². The molecule has 1 N–H and O–H groups in total. The van der Waals surface area contributed by atoms with E-state index in [1.807, 2.05) is 12.1 Å². The van der Waals surface area contributed by atoms with E-state index in [2.05, 4.69) is 59.8 Å². The van der Waals surface area contributed by atoms with Gasteiger partial charge in [0.2, 0.25) is 5.91 Å². The summed E-state index contributed by atoms with van der Waals surface area (Å²) in [6.45, 7) is 16.0. The van der Waals surface area contributed by atoms with Gasteiger partial charge in [-0.2, -0.15) is 0 Å². The zero-order valence-electron chi connectivity index (χ0n) is 17.1. The Morgan fingerprint density at radius 2 is 1.72 bits per heavy atom. The fraction of sp³-hybridized carbons (Fsp3) is 0.682. The first-order valence-electron chi connectivity index (χ1n) is 9.58. The number of benzene rings is 1. The maximum atomic E-state index is 11.6. The van der Waals surface area contributed by atoms with Crippen LogP contribution in [0.5, 0.6) is 5.75 Å². The third-order valence-corrected chi connectivity index (χ3v) is 5.95. The van der Waals surface area contributed by atoms with Gasteiger partial charge in [0.05, 0.1) is 0 Å². The SMILES string of the molecule is CCCC(C)(C)C(C)(C)CC(C)(C)Oc1ccc2c(c1)NC(=O)CC2. The van der Waals surface area contributed by atoms with Crippen molar-refractivity contribution in [3.8, 4) is 5.75 Å². The quantitative estimate of drug-likeness (QED) is 0.661. The van der Waals surface area contributed by atoms with Crippen molar-refractivity contribution in [3.05, 3.63) is 23.8 Å². The van der Waals surface area contributed by atoms with E-state index >= 15 is 0 Å². The molecule has 1 aliphatic rings. The van der Waals surface area contributed by atoms with Crippen molar-refractivity contribution < 1.29 is 9.53 Å². The largest absolute Gasteiger partial charge is 0.488 e. The van der Waals surface area contributed by atoms with Crippen LogP contribution in [0.3, 0.4) is 0 Å². The number of hydrogen-bond donors (Lipinski definition) is 1. The van der Waals surface area contributed by atoms with Crippen LogP contribution in [0.2, 0.25) is 0 Å². The number of ether oxygens (including phenoxy) is 1. The standard InChI is InChI=1S/C22H35NO2/c1-8-13-20(2,3)21(4,5)15-22(6,7)25-17-11-9-16-10-12-19(24)23-18(16)14-17/h9,11,14H,8,10,12-13,15H2,1-7H3,(H,23,24). The van der Waals surface area contributed by atoms with Crippen molar-refractivity contribution in [2.75, 3.05) is 5.32 Å². The minimum Gasteiger partial charge on any atom is -0.488 e. The average Bonchev–Trinajstić information content (AvgIpc) is 2.44. The van der Waals surface area contributed by atoms with E-state index in [1.54, 1.807) is 0 Å². The van der Waals surface area contributed by atoms with Gasteiger partial charge in [-0.1, -0.05) is 47.1 Å². The Morgan fingerprint density at radius 1 is 1.04 bits per heavy atom. The van der Waals surface area contributed by atoms with Gasteiger partial charge in [-0.3, -0.25) is 4.79 Å². The van der Waals surface area contributed by atoms with Crippen LogP contribution < -0.4 is 10.1 Å². The second-order valence-electron chi connectivity index (χ2n) is 9.42. The van der Waals surface area contributed by atoms with Gasteiger partial charge >= 0.3 is 0 Å². The van der Waals surface area contributed by atoms with Crippen LogP contribution in [0, 0.1) is 10.8 Å². The highest BCUT2D eigenvalue weighted by Gasteiger charge is 2.41. The van der Waals surface area contributed by atoms with Crippen molar-refractivity contribution in [1.82, 2.24) is 0 Å². The molecule has 140 valence electrons. The predicted octanol–water partition coefficient (Wildman–Crippen LogP) is 5.97. The van der Waals surface area contributed by atoms with Crippen LogP contribution in [0.15, 0.2) is 18.2 Å². The lowest BCUT2D eigenvalue weighted by atomic mass is 9.62. The van der Waals surface area contributed by atoms with Crippen molar-refractivity contribution in [2.45, 2.75) is 86.2 Å². The van der Waals surface area contributed by atoms with Crippen LogP contribution in [0.4, 0.5) is 5.69 Å². The molecule has 1 aliphatic heterocycles. The van der Waals surface area contributed by atoms with Gasteiger partial charge < -0.3 is 10.1 Å². The summed E-state index contributed by atoms with van der Waals surface area (Å²) in [5.74, 6) is 0.918. The molecule has 0 bridgehead atoms. The molecule has 1 aromatic rings. The zero-order chi connectivity index (χ0) is 18.9. The number of rotatable bonds is 7. The lowest BCUT2D eigenvalue weighted by Crippen LogP contribution is -2.41. The molecule has 0 aliphatic carbocycles. The minimum atomic E-state index is -0.276. The molecule has 0 fully saturated rings. The number of anilines is 1. The number of carbonyl (C=O) groups excluding carboxylic acids is 1. The fourth-order valence-electron chi connectivity index (χ4n) is 4.04. The van der Waals surface area contributed by atoms with Crippen molar-refractivity contribution in [3.63, 3.8) is 0 Å².